The number of nitrogens with one attached hydrogen (secondary N) is 1. The molecule has 12 heteroatoms. The number of sulfonamides is 1. The van der Waals surface area contributed by atoms with Crippen molar-refractivity contribution in [2.24, 2.45) is 7.05 Å². The lowest BCUT2D eigenvalue weighted by molar-refractivity contribution is -0.125. The van der Waals surface area contributed by atoms with Gasteiger partial charge in [0.1, 0.15) is 11.5 Å². The standard InChI is InChI=1S/C17H26N6O5S/c1-10-16(11(2)22(4)20-10)29(25,26)23-7-6-13(17-18-12(3)21-28-17)14(8-23)19-15(24)9-27-5/h13-14H,6-9H2,1-5H3,(H,19,24)/t13-,14+/m0/s1. The van der Waals surface area contributed by atoms with Crippen LogP contribution in [0.5, 0.6) is 0 Å². The van der Waals surface area contributed by atoms with E-state index >= 15 is 0 Å². The van der Waals surface area contributed by atoms with Crippen LogP contribution in [0.2, 0.25) is 0 Å². The van der Waals surface area contributed by atoms with Crippen LogP contribution in [0.15, 0.2) is 9.42 Å². The molecular weight excluding hydrogens is 400 g/mol. The highest BCUT2D eigenvalue weighted by atomic mass is 32.2. The van der Waals surface area contributed by atoms with Gasteiger partial charge in [-0.15, -0.1) is 0 Å². The van der Waals surface area contributed by atoms with E-state index in [1.54, 1.807) is 32.5 Å². The van der Waals surface area contributed by atoms with Gasteiger partial charge in [-0.1, -0.05) is 5.16 Å². The monoisotopic (exact) mass is 426 g/mol. The molecule has 0 unspecified atom stereocenters. The van der Waals surface area contributed by atoms with Crippen molar-refractivity contribution in [3.8, 4) is 0 Å². The maximum absolute atomic E-state index is 13.3. The van der Waals surface area contributed by atoms with Gasteiger partial charge >= 0.3 is 0 Å². The van der Waals surface area contributed by atoms with E-state index in [0.717, 1.165) is 0 Å². The Bertz CT molecular complexity index is 998. The van der Waals surface area contributed by atoms with Crippen molar-refractivity contribution in [3.63, 3.8) is 0 Å². The highest BCUT2D eigenvalue weighted by Crippen LogP contribution is 2.32. The van der Waals surface area contributed by atoms with Crippen LogP contribution in [-0.4, -0.2) is 71.4 Å². The van der Waals surface area contributed by atoms with Gasteiger partial charge in [0.05, 0.1) is 23.3 Å². The van der Waals surface area contributed by atoms with Gasteiger partial charge in [-0.2, -0.15) is 14.4 Å². The number of hydrogen-bond acceptors (Lipinski definition) is 8. The first-order valence-electron chi connectivity index (χ1n) is 9.24. The first kappa shape index (κ1) is 21.4. The number of methoxy groups -OCH3 is 1. The van der Waals surface area contributed by atoms with Gasteiger partial charge in [0, 0.05) is 27.2 Å². The number of amides is 1. The third-order valence-corrected chi connectivity index (χ3v) is 7.22. The van der Waals surface area contributed by atoms with E-state index in [9.17, 15) is 13.2 Å². The summed E-state index contributed by atoms with van der Waals surface area (Å²) in [5.41, 5.74) is 1.01. The molecule has 0 aliphatic carbocycles. The molecule has 0 radical (unpaired) electrons. The number of nitrogens with zero attached hydrogens (tertiary/aromatic N) is 5. The van der Waals surface area contributed by atoms with E-state index < -0.39 is 16.1 Å². The number of aryl methyl sites for hydroxylation is 3. The van der Waals surface area contributed by atoms with Crippen LogP contribution in [0, 0.1) is 20.8 Å². The molecule has 3 rings (SSSR count). The fraction of sp³-hybridized carbons (Fsp3) is 0.647. The molecule has 11 nitrogen and oxygen atoms in total. The van der Waals surface area contributed by atoms with Gasteiger partial charge in [0.2, 0.25) is 21.8 Å². The second-order valence-corrected chi connectivity index (χ2v) is 9.04. The summed E-state index contributed by atoms with van der Waals surface area (Å²) in [7, 11) is -0.655. The van der Waals surface area contributed by atoms with Crippen molar-refractivity contribution in [1.82, 2.24) is 29.5 Å². The second-order valence-electron chi connectivity index (χ2n) is 7.17. The first-order chi connectivity index (χ1) is 13.6. The van der Waals surface area contributed by atoms with Crippen LogP contribution in [0.1, 0.15) is 35.4 Å². The normalized spacial score (nSPS) is 20.7. The van der Waals surface area contributed by atoms with Crippen molar-refractivity contribution < 1.29 is 22.5 Å². The second kappa shape index (κ2) is 8.20. The molecule has 2 aromatic rings. The van der Waals surface area contributed by atoms with Crippen LogP contribution < -0.4 is 5.32 Å². The van der Waals surface area contributed by atoms with E-state index in [1.165, 1.54) is 11.4 Å². The lowest BCUT2D eigenvalue weighted by atomic mass is 9.92. The summed E-state index contributed by atoms with van der Waals surface area (Å²) >= 11 is 0. The molecule has 1 aliphatic heterocycles. The summed E-state index contributed by atoms with van der Waals surface area (Å²) in [6.07, 6.45) is 0.428. The summed E-state index contributed by atoms with van der Waals surface area (Å²) in [5.74, 6) is 0.237. The zero-order valence-electron chi connectivity index (χ0n) is 17.2. The highest BCUT2D eigenvalue weighted by molar-refractivity contribution is 7.89. The Kier molecular flexibility index (Phi) is 6.05. The van der Waals surface area contributed by atoms with Crippen LogP contribution in [-0.2, 0) is 26.6 Å². The Balaban J connectivity index is 1.90. The molecule has 29 heavy (non-hydrogen) atoms. The number of carbonyl (C=O) groups is 1. The summed E-state index contributed by atoms with van der Waals surface area (Å²) in [4.78, 5) is 16.6. The summed E-state index contributed by atoms with van der Waals surface area (Å²) < 4.78 is 39.8. The maximum atomic E-state index is 13.3. The van der Waals surface area contributed by atoms with E-state index in [4.69, 9.17) is 9.26 Å². The number of piperidine rings is 1. The molecule has 160 valence electrons. The smallest absolute Gasteiger partial charge is 0.246 e. The molecule has 0 aromatic carbocycles. The zero-order valence-corrected chi connectivity index (χ0v) is 18.0. The quantitative estimate of drug-likeness (QED) is 0.684. The van der Waals surface area contributed by atoms with Crippen molar-refractivity contribution in [2.45, 2.75) is 44.0 Å². The largest absolute Gasteiger partial charge is 0.375 e. The Hall–Kier alpha value is -2.31. The van der Waals surface area contributed by atoms with Crippen LogP contribution >= 0.6 is 0 Å². The molecule has 1 aliphatic rings. The first-order valence-corrected chi connectivity index (χ1v) is 10.7. The molecule has 3 heterocycles. The van der Waals surface area contributed by atoms with Crippen molar-refractivity contribution in [3.05, 3.63) is 23.1 Å². The molecule has 1 N–H and O–H groups in total. The van der Waals surface area contributed by atoms with Gasteiger partial charge in [0.25, 0.3) is 0 Å². The van der Waals surface area contributed by atoms with Crippen molar-refractivity contribution in [2.75, 3.05) is 26.8 Å². The minimum Gasteiger partial charge on any atom is -0.375 e. The van der Waals surface area contributed by atoms with E-state index in [0.29, 0.717) is 29.5 Å². The van der Waals surface area contributed by atoms with Crippen molar-refractivity contribution >= 4 is 15.9 Å². The van der Waals surface area contributed by atoms with Gasteiger partial charge < -0.3 is 14.6 Å². The lowest BCUT2D eigenvalue weighted by Gasteiger charge is -2.36. The SMILES string of the molecule is COCC(=O)N[C@@H]1CN(S(=O)(=O)c2c(C)nn(C)c2C)CC[C@@H]1c1nc(C)no1. The fourth-order valence-electron chi connectivity index (χ4n) is 3.68. The highest BCUT2D eigenvalue weighted by Gasteiger charge is 2.41. The van der Waals surface area contributed by atoms with Crippen molar-refractivity contribution in [1.29, 1.82) is 0 Å². The molecule has 0 bridgehead atoms. The molecule has 0 spiro atoms. The average Bonchev–Trinajstić information content (AvgIpc) is 3.18. The van der Waals surface area contributed by atoms with Gasteiger partial charge in [0.15, 0.2) is 5.82 Å². The topological polar surface area (TPSA) is 132 Å². The Morgan fingerprint density at radius 2 is 2.07 bits per heavy atom. The van der Waals surface area contributed by atoms with E-state index in [-0.39, 0.29) is 36.4 Å². The number of ether oxygens (including phenoxy) is 1. The Labute approximate surface area is 169 Å². The molecule has 0 saturated carbocycles. The number of rotatable bonds is 6. The fourth-order valence-corrected chi connectivity index (χ4v) is 5.56. The molecule has 1 fully saturated rings. The van der Waals surface area contributed by atoms with Crippen LogP contribution in [0.4, 0.5) is 0 Å². The number of aromatic nitrogens is 4. The minimum absolute atomic E-state index is 0.0810. The average molecular weight is 426 g/mol. The predicted octanol–water partition coefficient (Wildman–Crippen LogP) is 0.0378. The molecule has 2 aromatic heterocycles. The van der Waals surface area contributed by atoms with E-state index in [1.807, 2.05) is 0 Å². The van der Waals surface area contributed by atoms with Crippen LogP contribution in [0.3, 0.4) is 0 Å². The minimum atomic E-state index is -3.78. The number of hydrogen-bond donors (Lipinski definition) is 1. The van der Waals surface area contributed by atoms with Crippen LogP contribution in [0.25, 0.3) is 0 Å². The number of carbonyl (C=O) groups excluding carboxylic acids is 1. The molecule has 1 saturated heterocycles. The molecule has 1 amide bonds. The Morgan fingerprint density at radius 1 is 1.34 bits per heavy atom. The predicted molar refractivity (Wildman–Crippen MR) is 102 cm³/mol. The van der Waals surface area contributed by atoms with Gasteiger partial charge in [-0.25, -0.2) is 8.42 Å². The third kappa shape index (κ3) is 4.19. The summed E-state index contributed by atoms with van der Waals surface area (Å²) in [6.45, 7) is 5.32. The lowest BCUT2D eigenvalue weighted by Crippen LogP contribution is -2.53. The third-order valence-electron chi connectivity index (χ3n) is 5.10. The summed E-state index contributed by atoms with van der Waals surface area (Å²) in [6, 6.07) is -0.529. The molecular formula is C17H26N6O5S. The van der Waals surface area contributed by atoms with Gasteiger partial charge in [-0.05, 0) is 27.2 Å². The summed E-state index contributed by atoms with van der Waals surface area (Å²) in [5, 5.41) is 10.9. The maximum Gasteiger partial charge on any atom is 0.246 e. The van der Waals surface area contributed by atoms with E-state index in [2.05, 4.69) is 20.6 Å². The molecule has 2 atom stereocenters. The van der Waals surface area contributed by atoms with Gasteiger partial charge in [-0.3, -0.25) is 9.48 Å². The zero-order chi connectivity index (χ0) is 21.3. The Morgan fingerprint density at radius 3 is 2.62 bits per heavy atom.